The number of hydroxylamine groups is 1. The third-order valence-electron chi connectivity index (χ3n) is 8.46. The third-order valence-corrected chi connectivity index (χ3v) is 8.46. The quantitative estimate of drug-likeness (QED) is 0.254. The Hall–Kier alpha value is -2.62. The van der Waals surface area contributed by atoms with E-state index in [2.05, 4.69) is 4.98 Å². The summed E-state index contributed by atoms with van der Waals surface area (Å²) in [5.41, 5.74) is 3.84. The number of halogens is 1. The summed E-state index contributed by atoms with van der Waals surface area (Å²) in [5, 5.41) is 20.2. The molecule has 0 spiro atoms. The molecule has 0 bridgehead atoms. The third kappa shape index (κ3) is 8.19. The highest BCUT2D eigenvalue weighted by molar-refractivity contribution is 5.85. The van der Waals surface area contributed by atoms with Gasteiger partial charge < -0.3 is 20.2 Å². The number of ketones is 2. The number of fused-ring (bicyclic) bond motifs is 1. The SMILES string of the molecule is CCC(=O)CC1CC(CCN(C)C(=O)C(CCC(=O)C(C)NO)C(C)O)CC(c2c[nH]c3cc(F)ccc23)C1. The second kappa shape index (κ2) is 14.1. The van der Waals surface area contributed by atoms with Crippen LogP contribution in [0.25, 0.3) is 10.9 Å². The van der Waals surface area contributed by atoms with Crippen LogP contribution in [-0.4, -0.2) is 63.4 Å². The number of carbonyl (C=O) groups excluding carboxylic acids is 3. The Labute approximate surface area is 230 Å². The van der Waals surface area contributed by atoms with Gasteiger partial charge in [-0.05, 0) is 87.5 Å². The van der Waals surface area contributed by atoms with Crippen molar-refractivity contribution in [3.05, 3.63) is 35.8 Å². The van der Waals surface area contributed by atoms with Gasteiger partial charge in [0.2, 0.25) is 5.91 Å². The number of aliphatic hydroxyl groups is 1. The van der Waals surface area contributed by atoms with E-state index in [0.29, 0.717) is 25.3 Å². The van der Waals surface area contributed by atoms with Gasteiger partial charge in [0.05, 0.1) is 18.1 Å². The first kappa shape index (κ1) is 30.9. The molecule has 8 nitrogen and oxygen atoms in total. The van der Waals surface area contributed by atoms with E-state index in [1.54, 1.807) is 25.8 Å². The van der Waals surface area contributed by atoms with E-state index >= 15 is 0 Å². The lowest BCUT2D eigenvalue weighted by molar-refractivity contribution is -0.138. The number of aliphatic hydroxyl groups excluding tert-OH is 1. The minimum Gasteiger partial charge on any atom is -0.393 e. The number of hydrogen-bond acceptors (Lipinski definition) is 6. The topological polar surface area (TPSA) is 123 Å². The Bertz CT molecular complexity index is 1130. The minimum atomic E-state index is -0.902. The number of nitrogens with one attached hydrogen (secondary N) is 2. The summed E-state index contributed by atoms with van der Waals surface area (Å²) in [6.45, 7) is 5.50. The van der Waals surface area contributed by atoms with Crippen LogP contribution >= 0.6 is 0 Å². The van der Waals surface area contributed by atoms with Gasteiger partial charge in [-0.15, -0.1) is 0 Å². The molecule has 1 aliphatic rings. The van der Waals surface area contributed by atoms with Crippen LogP contribution in [0.2, 0.25) is 0 Å². The maximum atomic E-state index is 13.7. The number of carbonyl (C=O) groups is 3. The van der Waals surface area contributed by atoms with Gasteiger partial charge in [0.1, 0.15) is 11.6 Å². The number of rotatable bonds is 14. The first-order chi connectivity index (χ1) is 18.5. The molecular weight excluding hydrogens is 501 g/mol. The number of hydrogen-bond donors (Lipinski definition) is 4. The molecule has 6 atom stereocenters. The molecular formula is C30H44FN3O5. The molecule has 1 heterocycles. The molecule has 1 aromatic carbocycles. The lowest BCUT2D eigenvalue weighted by atomic mass is 9.70. The van der Waals surface area contributed by atoms with Crippen molar-refractivity contribution >= 4 is 28.4 Å². The Kier molecular flexibility index (Phi) is 11.2. The predicted octanol–water partition coefficient (Wildman–Crippen LogP) is 4.74. The number of H-pyrrole nitrogens is 1. The maximum Gasteiger partial charge on any atom is 0.228 e. The Morgan fingerprint density at radius 3 is 2.56 bits per heavy atom. The smallest absolute Gasteiger partial charge is 0.228 e. The molecule has 1 fully saturated rings. The van der Waals surface area contributed by atoms with Crippen molar-refractivity contribution < 1.29 is 29.1 Å². The molecule has 6 unspecified atom stereocenters. The highest BCUT2D eigenvalue weighted by Gasteiger charge is 2.33. The van der Waals surface area contributed by atoms with Gasteiger partial charge >= 0.3 is 0 Å². The van der Waals surface area contributed by atoms with Crippen molar-refractivity contribution in [2.45, 2.75) is 90.2 Å². The van der Waals surface area contributed by atoms with Crippen molar-refractivity contribution in [3.8, 4) is 0 Å². The summed E-state index contributed by atoms with van der Waals surface area (Å²) in [7, 11) is 1.73. The summed E-state index contributed by atoms with van der Waals surface area (Å²) < 4.78 is 13.7. The fraction of sp³-hybridized carbons (Fsp3) is 0.633. The lowest BCUT2D eigenvalue weighted by Gasteiger charge is -2.36. The molecule has 1 aromatic heterocycles. The van der Waals surface area contributed by atoms with Gasteiger partial charge in [-0.1, -0.05) is 6.92 Å². The van der Waals surface area contributed by atoms with Crippen molar-refractivity contribution in [1.82, 2.24) is 15.4 Å². The van der Waals surface area contributed by atoms with Crippen molar-refractivity contribution in [2.75, 3.05) is 13.6 Å². The van der Waals surface area contributed by atoms with E-state index < -0.39 is 18.1 Å². The van der Waals surface area contributed by atoms with E-state index in [1.165, 1.54) is 12.1 Å². The zero-order valence-electron chi connectivity index (χ0n) is 23.6. The maximum absolute atomic E-state index is 13.7. The summed E-state index contributed by atoms with van der Waals surface area (Å²) >= 11 is 0. The first-order valence-electron chi connectivity index (χ1n) is 14.2. The Morgan fingerprint density at radius 2 is 1.90 bits per heavy atom. The minimum absolute atomic E-state index is 0.0792. The van der Waals surface area contributed by atoms with Gasteiger partial charge in [0, 0.05) is 50.0 Å². The fourth-order valence-electron chi connectivity index (χ4n) is 6.07. The van der Waals surface area contributed by atoms with Crippen LogP contribution < -0.4 is 5.48 Å². The van der Waals surface area contributed by atoms with Crippen LogP contribution in [0.3, 0.4) is 0 Å². The van der Waals surface area contributed by atoms with Gasteiger partial charge in [-0.25, -0.2) is 4.39 Å². The fourth-order valence-corrected chi connectivity index (χ4v) is 6.07. The zero-order chi connectivity index (χ0) is 28.7. The van der Waals surface area contributed by atoms with Crippen LogP contribution in [0, 0.1) is 23.6 Å². The van der Waals surface area contributed by atoms with Gasteiger partial charge in [0.15, 0.2) is 5.78 Å². The van der Waals surface area contributed by atoms with Crippen LogP contribution in [0.15, 0.2) is 24.4 Å². The van der Waals surface area contributed by atoms with Crippen LogP contribution in [0.4, 0.5) is 4.39 Å². The van der Waals surface area contributed by atoms with Crippen molar-refractivity contribution in [1.29, 1.82) is 0 Å². The zero-order valence-corrected chi connectivity index (χ0v) is 23.6. The van der Waals surface area contributed by atoms with Crippen molar-refractivity contribution in [3.63, 3.8) is 0 Å². The largest absolute Gasteiger partial charge is 0.393 e. The summed E-state index contributed by atoms with van der Waals surface area (Å²) in [4.78, 5) is 42.5. The summed E-state index contributed by atoms with van der Waals surface area (Å²) in [6.07, 6.45) is 5.93. The number of amides is 1. The molecule has 0 aliphatic heterocycles. The average Bonchev–Trinajstić information content (AvgIpc) is 3.33. The first-order valence-corrected chi connectivity index (χ1v) is 14.2. The molecule has 3 rings (SSSR count). The van der Waals surface area contributed by atoms with E-state index in [4.69, 9.17) is 5.21 Å². The summed E-state index contributed by atoms with van der Waals surface area (Å²) in [6, 6.07) is 4.07. The van der Waals surface area contributed by atoms with Gasteiger partial charge in [-0.2, -0.15) is 5.48 Å². The Morgan fingerprint density at radius 1 is 1.18 bits per heavy atom. The summed E-state index contributed by atoms with van der Waals surface area (Å²) in [5.74, 6) is -0.357. The second-order valence-corrected chi connectivity index (χ2v) is 11.4. The molecule has 216 valence electrons. The average molecular weight is 546 g/mol. The van der Waals surface area contributed by atoms with E-state index in [1.807, 2.05) is 24.7 Å². The number of aromatic amines is 1. The molecule has 1 saturated carbocycles. The van der Waals surface area contributed by atoms with E-state index in [0.717, 1.165) is 42.1 Å². The predicted molar refractivity (Wildman–Crippen MR) is 148 cm³/mol. The van der Waals surface area contributed by atoms with E-state index in [9.17, 15) is 23.9 Å². The van der Waals surface area contributed by atoms with Crippen LogP contribution in [-0.2, 0) is 14.4 Å². The van der Waals surface area contributed by atoms with E-state index in [-0.39, 0.29) is 48.0 Å². The molecule has 9 heteroatoms. The molecule has 0 saturated heterocycles. The standard InChI is InChI=1S/C30H44FN3O5/c1-5-24(36)15-21-12-20(13-22(14-21)27-17-32-28-16-23(31)6-7-26(27)28)10-11-34(4)30(38)25(19(3)35)8-9-29(37)18(2)33-39/h6-7,16-22,25,32-33,35,39H,5,8-15H2,1-4H3. The number of aromatic nitrogens is 1. The molecule has 2 aromatic rings. The number of benzene rings is 1. The number of Topliss-reactive ketones (excluding diaryl/α,β-unsaturated/α-hetero) is 2. The highest BCUT2D eigenvalue weighted by atomic mass is 19.1. The monoisotopic (exact) mass is 545 g/mol. The molecule has 0 radical (unpaired) electrons. The highest BCUT2D eigenvalue weighted by Crippen LogP contribution is 2.44. The molecule has 1 aliphatic carbocycles. The number of nitrogens with zero attached hydrogens (tertiary/aromatic N) is 1. The Balaban J connectivity index is 1.68. The lowest BCUT2D eigenvalue weighted by Crippen LogP contribution is -2.40. The van der Waals surface area contributed by atoms with Crippen molar-refractivity contribution in [2.24, 2.45) is 17.8 Å². The normalized spacial score (nSPS) is 21.9. The van der Waals surface area contributed by atoms with Gasteiger partial charge in [0.25, 0.3) is 0 Å². The van der Waals surface area contributed by atoms with Gasteiger partial charge in [-0.3, -0.25) is 14.4 Å². The van der Waals surface area contributed by atoms with Crippen LogP contribution in [0.5, 0.6) is 0 Å². The van der Waals surface area contributed by atoms with Crippen LogP contribution in [0.1, 0.15) is 83.6 Å². The molecule has 1 amide bonds. The molecule has 39 heavy (non-hydrogen) atoms. The second-order valence-electron chi connectivity index (χ2n) is 11.4. The molecule has 4 N–H and O–H groups in total.